The predicted octanol–water partition coefficient (Wildman–Crippen LogP) is 3.38. The van der Waals surface area contributed by atoms with E-state index in [1.807, 2.05) is 26.0 Å². The Morgan fingerprint density at radius 3 is 2.52 bits per heavy atom. The predicted molar refractivity (Wildman–Crippen MR) is 87.5 cm³/mol. The van der Waals surface area contributed by atoms with Crippen LogP contribution in [0.3, 0.4) is 0 Å². The van der Waals surface area contributed by atoms with Crippen LogP contribution in [0, 0.1) is 0 Å². The summed E-state index contributed by atoms with van der Waals surface area (Å²) >= 11 is 0. The van der Waals surface area contributed by atoms with Crippen LogP contribution in [0.4, 0.5) is 5.69 Å². The van der Waals surface area contributed by atoms with E-state index in [1.54, 1.807) is 0 Å². The van der Waals surface area contributed by atoms with E-state index in [0.29, 0.717) is 25.3 Å². The lowest BCUT2D eigenvalue weighted by Gasteiger charge is -2.21. The van der Waals surface area contributed by atoms with Gasteiger partial charge in [-0.15, -0.1) is 0 Å². The Morgan fingerprint density at radius 1 is 1.19 bits per heavy atom. The minimum Gasteiger partial charge on any atom is -0.490 e. The van der Waals surface area contributed by atoms with E-state index in [4.69, 9.17) is 9.47 Å². The van der Waals surface area contributed by atoms with Crippen LogP contribution in [-0.2, 0) is 0 Å². The van der Waals surface area contributed by atoms with Crippen molar-refractivity contribution in [1.29, 1.82) is 0 Å². The molecule has 0 radical (unpaired) electrons. The quantitative estimate of drug-likeness (QED) is 0.835. The van der Waals surface area contributed by atoms with Gasteiger partial charge in [0, 0.05) is 36.9 Å². The molecule has 1 aromatic rings. The maximum Gasteiger partial charge on any atom is 0.163 e. The van der Waals surface area contributed by atoms with E-state index < -0.39 is 0 Å². The Hall–Kier alpha value is -1.42. The molecule has 1 aromatic carbocycles. The van der Waals surface area contributed by atoms with Gasteiger partial charge in [0.15, 0.2) is 11.5 Å². The van der Waals surface area contributed by atoms with Crippen molar-refractivity contribution in [3.8, 4) is 11.5 Å². The second-order valence-electron chi connectivity index (χ2n) is 5.75. The SMILES string of the molecule is CCOc1ccc(NC2CCN(C(C)C)C2)cc1OCC. The summed E-state index contributed by atoms with van der Waals surface area (Å²) in [5.74, 6) is 1.64. The highest BCUT2D eigenvalue weighted by Gasteiger charge is 2.24. The van der Waals surface area contributed by atoms with E-state index in [1.165, 1.54) is 13.0 Å². The molecule has 21 heavy (non-hydrogen) atoms. The number of nitrogens with one attached hydrogen (secondary N) is 1. The van der Waals surface area contributed by atoms with Crippen molar-refractivity contribution >= 4 is 5.69 Å². The Labute approximate surface area is 128 Å². The molecule has 1 unspecified atom stereocenters. The van der Waals surface area contributed by atoms with Gasteiger partial charge in [-0.1, -0.05) is 0 Å². The van der Waals surface area contributed by atoms with Gasteiger partial charge in [-0.2, -0.15) is 0 Å². The van der Waals surface area contributed by atoms with Crippen molar-refractivity contribution < 1.29 is 9.47 Å². The lowest BCUT2D eigenvalue weighted by atomic mass is 10.2. The highest BCUT2D eigenvalue weighted by molar-refractivity contribution is 5.55. The Morgan fingerprint density at radius 2 is 1.90 bits per heavy atom. The van der Waals surface area contributed by atoms with Gasteiger partial charge >= 0.3 is 0 Å². The molecule has 0 spiro atoms. The molecule has 1 N–H and O–H groups in total. The Kier molecular flexibility index (Phi) is 5.74. The van der Waals surface area contributed by atoms with Gasteiger partial charge in [-0.3, -0.25) is 4.90 Å². The highest BCUT2D eigenvalue weighted by Crippen LogP contribution is 2.31. The topological polar surface area (TPSA) is 33.7 Å². The standard InChI is InChI=1S/C17H28N2O2/c1-5-20-16-8-7-14(11-17(16)21-6-2)18-15-9-10-19(12-15)13(3)4/h7-8,11,13,15,18H,5-6,9-10,12H2,1-4H3. The van der Waals surface area contributed by atoms with Gasteiger partial charge in [-0.25, -0.2) is 0 Å². The molecule has 0 amide bonds. The minimum absolute atomic E-state index is 0.514. The Bertz CT molecular complexity index is 448. The lowest BCUT2D eigenvalue weighted by molar-refractivity contribution is 0.274. The third-order valence-corrected chi connectivity index (χ3v) is 3.86. The number of rotatable bonds is 7. The molecule has 1 atom stereocenters. The number of anilines is 1. The summed E-state index contributed by atoms with van der Waals surface area (Å²) in [5, 5.41) is 3.62. The molecule has 2 rings (SSSR count). The molecule has 0 bridgehead atoms. The van der Waals surface area contributed by atoms with E-state index >= 15 is 0 Å². The van der Waals surface area contributed by atoms with Crippen molar-refractivity contribution in [3.63, 3.8) is 0 Å². The lowest BCUT2D eigenvalue weighted by Crippen LogP contribution is -2.31. The van der Waals surface area contributed by atoms with Crippen LogP contribution in [0.1, 0.15) is 34.1 Å². The average Bonchev–Trinajstić information content (AvgIpc) is 2.91. The molecule has 1 aliphatic rings. The normalized spacial score (nSPS) is 19.0. The van der Waals surface area contributed by atoms with Crippen molar-refractivity contribution in [1.82, 2.24) is 4.90 Å². The number of hydrogen-bond acceptors (Lipinski definition) is 4. The molecule has 0 aliphatic carbocycles. The van der Waals surface area contributed by atoms with Crippen LogP contribution in [-0.4, -0.2) is 43.3 Å². The second kappa shape index (κ2) is 7.55. The third-order valence-electron chi connectivity index (χ3n) is 3.86. The van der Waals surface area contributed by atoms with E-state index in [9.17, 15) is 0 Å². The average molecular weight is 292 g/mol. The van der Waals surface area contributed by atoms with Gasteiger partial charge in [0.2, 0.25) is 0 Å². The van der Waals surface area contributed by atoms with Gasteiger partial charge in [0.25, 0.3) is 0 Å². The number of benzene rings is 1. The summed E-state index contributed by atoms with van der Waals surface area (Å²) in [7, 11) is 0. The summed E-state index contributed by atoms with van der Waals surface area (Å²) < 4.78 is 11.3. The molecule has 1 aliphatic heterocycles. The van der Waals surface area contributed by atoms with Crippen molar-refractivity contribution in [2.75, 3.05) is 31.6 Å². The first-order valence-electron chi connectivity index (χ1n) is 8.04. The molecule has 0 saturated carbocycles. The van der Waals surface area contributed by atoms with Crippen molar-refractivity contribution in [3.05, 3.63) is 18.2 Å². The first kappa shape index (κ1) is 16.0. The molecule has 118 valence electrons. The number of nitrogens with zero attached hydrogens (tertiary/aromatic N) is 1. The Balaban J connectivity index is 2.02. The van der Waals surface area contributed by atoms with Crippen LogP contribution in [0.2, 0.25) is 0 Å². The first-order chi connectivity index (χ1) is 10.1. The molecule has 1 fully saturated rings. The van der Waals surface area contributed by atoms with E-state index in [0.717, 1.165) is 23.7 Å². The maximum absolute atomic E-state index is 5.68. The van der Waals surface area contributed by atoms with E-state index in [2.05, 4.69) is 30.1 Å². The monoisotopic (exact) mass is 292 g/mol. The minimum atomic E-state index is 0.514. The highest BCUT2D eigenvalue weighted by atomic mass is 16.5. The molecule has 1 heterocycles. The fourth-order valence-corrected chi connectivity index (χ4v) is 2.75. The fraction of sp³-hybridized carbons (Fsp3) is 0.647. The van der Waals surface area contributed by atoms with E-state index in [-0.39, 0.29) is 0 Å². The zero-order valence-electron chi connectivity index (χ0n) is 13.7. The second-order valence-corrected chi connectivity index (χ2v) is 5.75. The van der Waals surface area contributed by atoms with Crippen LogP contribution in [0.15, 0.2) is 18.2 Å². The van der Waals surface area contributed by atoms with Crippen LogP contribution >= 0.6 is 0 Å². The summed E-state index contributed by atoms with van der Waals surface area (Å²) in [5.41, 5.74) is 1.11. The summed E-state index contributed by atoms with van der Waals surface area (Å²) in [6, 6.07) is 7.25. The van der Waals surface area contributed by atoms with Crippen LogP contribution in [0.25, 0.3) is 0 Å². The fourth-order valence-electron chi connectivity index (χ4n) is 2.75. The van der Waals surface area contributed by atoms with Crippen LogP contribution in [0.5, 0.6) is 11.5 Å². The molecular formula is C17H28N2O2. The molecule has 4 heteroatoms. The number of likely N-dealkylation sites (tertiary alicyclic amines) is 1. The van der Waals surface area contributed by atoms with Gasteiger partial charge in [-0.05, 0) is 46.2 Å². The van der Waals surface area contributed by atoms with Gasteiger partial charge in [0.1, 0.15) is 0 Å². The maximum atomic E-state index is 5.68. The van der Waals surface area contributed by atoms with Crippen LogP contribution < -0.4 is 14.8 Å². The van der Waals surface area contributed by atoms with Gasteiger partial charge < -0.3 is 14.8 Å². The smallest absolute Gasteiger partial charge is 0.163 e. The van der Waals surface area contributed by atoms with Gasteiger partial charge in [0.05, 0.1) is 13.2 Å². The zero-order valence-corrected chi connectivity index (χ0v) is 13.7. The zero-order chi connectivity index (χ0) is 15.2. The molecular weight excluding hydrogens is 264 g/mol. The number of hydrogen-bond donors (Lipinski definition) is 1. The molecule has 0 aromatic heterocycles. The first-order valence-corrected chi connectivity index (χ1v) is 8.04. The largest absolute Gasteiger partial charge is 0.490 e. The van der Waals surface area contributed by atoms with Crippen molar-refractivity contribution in [2.24, 2.45) is 0 Å². The number of ether oxygens (including phenoxy) is 2. The summed E-state index contributed by atoms with van der Waals surface area (Å²) in [4.78, 5) is 2.51. The molecule has 1 saturated heterocycles. The summed E-state index contributed by atoms with van der Waals surface area (Å²) in [6.45, 7) is 12.1. The van der Waals surface area contributed by atoms with Crippen molar-refractivity contribution in [2.45, 2.75) is 46.2 Å². The summed E-state index contributed by atoms with van der Waals surface area (Å²) in [6.07, 6.45) is 1.19. The third kappa shape index (κ3) is 4.27. The molecule has 4 nitrogen and oxygen atoms in total.